The molecule has 3 heteroatoms. The highest BCUT2D eigenvalue weighted by molar-refractivity contribution is 5.85. The molecule has 62 valence electrons. The number of hydrogen-bond acceptors (Lipinski definition) is 2. The summed E-state index contributed by atoms with van der Waals surface area (Å²) in [5.74, 6) is -0.916. The predicted octanol–water partition coefficient (Wildman–Crippen LogP) is 1.20. The molecular weight excluding hydrogens is 144 g/mol. The Morgan fingerprint density at radius 3 is 2.91 bits per heavy atom. The third kappa shape index (κ3) is 2.35. The van der Waals surface area contributed by atoms with Crippen molar-refractivity contribution in [2.45, 2.75) is 25.4 Å². The zero-order chi connectivity index (χ0) is 8.27. The van der Waals surface area contributed by atoms with Crippen LogP contribution in [-0.4, -0.2) is 23.8 Å². The molecule has 1 atom stereocenters. The Hall–Kier alpha value is -0.830. The van der Waals surface area contributed by atoms with Crippen LogP contribution >= 0.6 is 0 Å². The summed E-state index contributed by atoms with van der Waals surface area (Å²) in [7, 11) is 0. The van der Waals surface area contributed by atoms with Crippen molar-refractivity contribution in [1.29, 1.82) is 0 Å². The number of carbonyl (C=O) groups is 1. The van der Waals surface area contributed by atoms with Crippen LogP contribution in [0.15, 0.2) is 12.2 Å². The molecule has 0 spiro atoms. The number of carboxylic acids is 1. The first-order chi connectivity index (χ1) is 5.20. The maximum absolute atomic E-state index is 10.3. The summed E-state index contributed by atoms with van der Waals surface area (Å²) in [4.78, 5) is 10.3. The molecule has 11 heavy (non-hydrogen) atoms. The quantitative estimate of drug-likeness (QED) is 0.624. The number of ether oxygens (including phenoxy) is 1. The van der Waals surface area contributed by atoms with Crippen molar-refractivity contribution < 1.29 is 14.6 Å². The van der Waals surface area contributed by atoms with E-state index in [2.05, 4.69) is 6.58 Å². The van der Waals surface area contributed by atoms with Crippen molar-refractivity contribution in [3.8, 4) is 0 Å². The van der Waals surface area contributed by atoms with Gasteiger partial charge in [0.05, 0.1) is 6.10 Å². The Balaban J connectivity index is 2.29. The van der Waals surface area contributed by atoms with Gasteiger partial charge in [-0.25, -0.2) is 4.79 Å². The van der Waals surface area contributed by atoms with Gasteiger partial charge in [-0.2, -0.15) is 0 Å². The predicted molar refractivity (Wildman–Crippen MR) is 40.4 cm³/mol. The summed E-state index contributed by atoms with van der Waals surface area (Å²) in [5.41, 5.74) is 0.247. The van der Waals surface area contributed by atoms with Crippen LogP contribution in [0.1, 0.15) is 19.3 Å². The molecule has 1 heterocycles. The van der Waals surface area contributed by atoms with Crippen molar-refractivity contribution >= 4 is 5.97 Å². The Labute approximate surface area is 65.7 Å². The summed E-state index contributed by atoms with van der Waals surface area (Å²) in [6, 6.07) is 0. The highest BCUT2D eigenvalue weighted by Gasteiger charge is 2.18. The van der Waals surface area contributed by atoms with E-state index in [-0.39, 0.29) is 11.7 Å². The van der Waals surface area contributed by atoms with Crippen LogP contribution in [0.5, 0.6) is 0 Å². The minimum atomic E-state index is -0.916. The number of carboxylic acid groups (broad SMARTS) is 1. The van der Waals surface area contributed by atoms with E-state index in [0.717, 1.165) is 19.4 Å². The minimum Gasteiger partial charge on any atom is -0.478 e. The lowest BCUT2D eigenvalue weighted by Gasteiger charge is -2.07. The lowest BCUT2D eigenvalue weighted by molar-refractivity contribution is -0.133. The second-order valence-electron chi connectivity index (χ2n) is 2.75. The van der Waals surface area contributed by atoms with Gasteiger partial charge in [0.1, 0.15) is 0 Å². The van der Waals surface area contributed by atoms with Gasteiger partial charge in [-0.3, -0.25) is 0 Å². The molecule has 1 saturated heterocycles. The van der Waals surface area contributed by atoms with Gasteiger partial charge in [0.15, 0.2) is 0 Å². The first kappa shape index (κ1) is 8.27. The Bertz CT molecular complexity index is 168. The summed E-state index contributed by atoms with van der Waals surface area (Å²) < 4.78 is 5.25. The molecule has 0 bridgehead atoms. The molecule has 1 rings (SSSR count). The lowest BCUT2D eigenvalue weighted by Crippen LogP contribution is -2.10. The van der Waals surface area contributed by atoms with Gasteiger partial charge in [0.2, 0.25) is 0 Å². The Kier molecular flexibility index (Phi) is 2.65. The number of rotatable bonds is 3. The van der Waals surface area contributed by atoms with E-state index in [4.69, 9.17) is 9.84 Å². The van der Waals surface area contributed by atoms with Crippen LogP contribution in [0.2, 0.25) is 0 Å². The fraction of sp³-hybridized carbons (Fsp3) is 0.625. The van der Waals surface area contributed by atoms with Crippen molar-refractivity contribution in [2.75, 3.05) is 6.61 Å². The monoisotopic (exact) mass is 156 g/mol. The average molecular weight is 156 g/mol. The van der Waals surface area contributed by atoms with E-state index in [1.54, 1.807) is 0 Å². The van der Waals surface area contributed by atoms with Crippen molar-refractivity contribution in [3.63, 3.8) is 0 Å². The molecule has 3 nitrogen and oxygen atoms in total. The van der Waals surface area contributed by atoms with E-state index in [1.807, 2.05) is 0 Å². The van der Waals surface area contributed by atoms with Crippen LogP contribution in [0, 0.1) is 0 Å². The highest BCUT2D eigenvalue weighted by atomic mass is 16.5. The van der Waals surface area contributed by atoms with Crippen LogP contribution in [0.3, 0.4) is 0 Å². The highest BCUT2D eigenvalue weighted by Crippen LogP contribution is 2.18. The van der Waals surface area contributed by atoms with Crippen molar-refractivity contribution in [2.24, 2.45) is 0 Å². The minimum absolute atomic E-state index is 0.0959. The molecule has 0 aromatic rings. The molecule has 1 aliphatic heterocycles. The Morgan fingerprint density at radius 2 is 2.45 bits per heavy atom. The zero-order valence-corrected chi connectivity index (χ0v) is 6.38. The first-order valence-corrected chi connectivity index (χ1v) is 3.73. The maximum Gasteiger partial charge on any atom is 0.331 e. The summed E-state index contributed by atoms with van der Waals surface area (Å²) in [6.45, 7) is 4.20. The molecule has 1 fully saturated rings. The standard InChI is InChI=1S/C8H12O3/c1-6(8(9)10)5-7-3-2-4-11-7/h7H,1-5H2,(H,9,10). The summed E-state index contributed by atoms with van der Waals surface area (Å²) >= 11 is 0. The molecule has 0 aliphatic carbocycles. The second-order valence-corrected chi connectivity index (χ2v) is 2.75. The lowest BCUT2D eigenvalue weighted by atomic mass is 10.1. The van der Waals surface area contributed by atoms with Crippen molar-refractivity contribution in [3.05, 3.63) is 12.2 Å². The normalized spacial score (nSPS) is 23.5. The largest absolute Gasteiger partial charge is 0.478 e. The summed E-state index contributed by atoms with van der Waals surface area (Å²) in [6.07, 6.45) is 2.57. The Morgan fingerprint density at radius 1 is 1.73 bits per heavy atom. The third-order valence-corrected chi connectivity index (χ3v) is 1.80. The SMILES string of the molecule is C=C(CC1CCCO1)C(=O)O. The van der Waals surface area contributed by atoms with Gasteiger partial charge in [-0.15, -0.1) is 0 Å². The molecule has 1 N–H and O–H groups in total. The molecular formula is C8H12O3. The van der Waals surface area contributed by atoms with Gasteiger partial charge in [0.25, 0.3) is 0 Å². The van der Waals surface area contributed by atoms with Crippen LogP contribution in [0.4, 0.5) is 0 Å². The topological polar surface area (TPSA) is 46.5 Å². The molecule has 0 amide bonds. The number of hydrogen-bond donors (Lipinski definition) is 1. The van der Waals surface area contributed by atoms with E-state index in [1.165, 1.54) is 0 Å². The van der Waals surface area contributed by atoms with Gasteiger partial charge < -0.3 is 9.84 Å². The average Bonchev–Trinajstić information content (AvgIpc) is 2.39. The van der Waals surface area contributed by atoms with E-state index >= 15 is 0 Å². The molecule has 0 saturated carbocycles. The molecule has 1 aliphatic rings. The first-order valence-electron chi connectivity index (χ1n) is 3.73. The van der Waals surface area contributed by atoms with E-state index in [0.29, 0.717) is 6.42 Å². The van der Waals surface area contributed by atoms with Crippen LogP contribution in [0.25, 0.3) is 0 Å². The smallest absolute Gasteiger partial charge is 0.331 e. The van der Waals surface area contributed by atoms with E-state index in [9.17, 15) is 4.79 Å². The van der Waals surface area contributed by atoms with Gasteiger partial charge >= 0.3 is 5.97 Å². The second kappa shape index (κ2) is 3.53. The van der Waals surface area contributed by atoms with Crippen molar-refractivity contribution in [1.82, 2.24) is 0 Å². The fourth-order valence-electron chi connectivity index (χ4n) is 1.17. The molecule has 0 radical (unpaired) electrons. The third-order valence-electron chi connectivity index (χ3n) is 1.80. The van der Waals surface area contributed by atoms with Gasteiger partial charge in [0, 0.05) is 18.6 Å². The fourth-order valence-corrected chi connectivity index (χ4v) is 1.17. The van der Waals surface area contributed by atoms with Crippen LogP contribution < -0.4 is 0 Å². The zero-order valence-electron chi connectivity index (χ0n) is 6.38. The van der Waals surface area contributed by atoms with Crippen LogP contribution in [-0.2, 0) is 9.53 Å². The van der Waals surface area contributed by atoms with E-state index < -0.39 is 5.97 Å². The summed E-state index contributed by atoms with van der Waals surface area (Å²) in [5, 5.41) is 8.49. The molecule has 0 aromatic carbocycles. The van der Waals surface area contributed by atoms with Gasteiger partial charge in [-0.1, -0.05) is 6.58 Å². The molecule has 0 aromatic heterocycles. The maximum atomic E-state index is 10.3. The molecule has 1 unspecified atom stereocenters. The van der Waals surface area contributed by atoms with Gasteiger partial charge in [-0.05, 0) is 12.8 Å². The number of aliphatic carboxylic acids is 1.